The zero-order chi connectivity index (χ0) is 7.44. The van der Waals surface area contributed by atoms with E-state index in [1.807, 2.05) is 0 Å². The summed E-state index contributed by atoms with van der Waals surface area (Å²) < 4.78 is 1.12. The molecule has 0 bridgehead atoms. The maximum atomic E-state index is 10.0. The van der Waals surface area contributed by atoms with E-state index in [-0.39, 0.29) is 6.54 Å². The highest BCUT2D eigenvalue weighted by Crippen LogP contribution is 1.96. The Kier molecular flexibility index (Phi) is 4.03. The summed E-state index contributed by atoms with van der Waals surface area (Å²) in [4.78, 5) is 10.0. The van der Waals surface area contributed by atoms with Gasteiger partial charge in [0.1, 0.15) is 6.04 Å². The SMILES string of the molecule is N[C@@H](CN(S)S)C(=O)O. The topological polar surface area (TPSA) is 66.6 Å². The number of thiol groups is 2. The molecule has 0 aliphatic heterocycles. The van der Waals surface area contributed by atoms with E-state index < -0.39 is 12.0 Å². The lowest BCUT2D eigenvalue weighted by Gasteiger charge is -2.09. The Morgan fingerprint density at radius 1 is 1.78 bits per heavy atom. The molecule has 0 saturated carbocycles. The molecule has 0 aliphatic rings. The second-order valence-electron chi connectivity index (χ2n) is 1.50. The van der Waals surface area contributed by atoms with Gasteiger partial charge in [0, 0.05) is 6.54 Å². The maximum Gasteiger partial charge on any atom is 0.321 e. The molecule has 54 valence electrons. The molecule has 0 aromatic heterocycles. The number of nitrogens with zero attached hydrogens (tertiary/aromatic N) is 1. The summed E-state index contributed by atoms with van der Waals surface area (Å²) in [5, 5.41) is 8.21. The molecule has 0 fully saturated rings. The van der Waals surface area contributed by atoms with Crippen molar-refractivity contribution in [3.05, 3.63) is 0 Å². The third kappa shape index (κ3) is 4.58. The smallest absolute Gasteiger partial charge is 0.321 e. The van der Waals surface area contributed by atoms with E-state index in [1.165, 1.54) is 0 Å². The first kappa shape index (κ1) is 9.09. The van der Waals surface area contributed by atoms with Crippen LogP contribution in [0.25, 0.3) is 0 Å². The fourth-order valence-corrected chi connectivity index (χ4v) is 0.606. The molecule has 9 heavy (non-hydrogen) atoms. The van der Waals surface area contributed by atoms with Crippen LogP contribution in [0.4, 0.5) is 0 Å². The third-order valence-electron chi connectivity index (χ3n) is 0.677. The van der Waals surface area contributed by atoms with E-state index in [4.69, 9.17) is 10.8 Å². The van der Waals surface area contributed by atoms with Crippen molar-refractivity contribution in [2.45, 2.75) is 6.04 Å². The maximum absolute atomic E-state index is 10.0. The van der Waals surface area contributed by atoms with E-state index in [9.17, 15) is 4.79 Å². The van der Waals surface area contributed by atoms with Gasteiger partial charge in [-0.1, -0.05) is 25.6 Å². The van der Waals surface area contributed by atoms with Gasteiger partial charge in [0.15, 0.2) is 0 Å². The predicted molar refractivity (Wildman–Crippen MR) is 40.3 cm³/mol. The van der Waals surface area contributed by atoms with Gasteiger partial charge in [-0.3, -0.25) is 4.79 Å². The number of carboxylic acid groups (broad SMARTS) is 1. The molecular formula is C3H8N2O2S2. The zero-order valence-electron chi connectivity index (χ0n) is 4.56. The Hall–Kier alpha value is 0.0900. The number of carboxylic acids is 1. The highest BCUT2D eigenvalue weighted by Gasteiger charge is 2.11. The molecule has 4 nitrogen and oxygen atoms in total. The van der Waals surface area contributed by atoms with Crippen molar-refractivity contribution >= 4 is 31.6 Å². The number of carbonyl (C=O) groups is 1. The molecule has 0 saturated heterocycles. The Morgan fingerprint density at radius 3 is 2.33 bits per heavy atom. The van der Waals surface area contributed by atoms with E-state index in [1.54, 1.807) is 0 Å². The fourth-order valence-electron chi connectivity index (χ4n) is 0.254. The molecule has 0 aromatic carbocycles. The molecule has 0 aromatic rings. The van der Waals surface area contributed by atoms with Crippen molar-refractivity contribution in [3.63, 3.8) is 0 Å². The first-order valence-corrected chi connectivity index (χ1v) is 2.97. The van der Waals surface area contributed by atoms with Gasteiger partial charge >= 0.3 is 5.97 Å². The van der Waals surface area contributed by atoms with Gasteiger partial charge in [-0.15, -0.1) is 0 Å². The number of hydrogen-bond acceptors (Lipinski definition) is 5. The molecule has 3 N–H and O–H groups in total. The van der Waals surface area contributed by atoms with Gasteiger partial charge in [-0.2, -0.15) is 3.71 Å². The highest BCUT2D eigenvalue weighted by molar-refractivity contribution is 7.93. The van der Waals surface area contributed by atoms with Crippen molar-refractivity contribution in [2.24, 2.45) is 5.73 Å². The van der Waals surface area contributed by atoms with Gasteiger partial charge in [0.25, 0.3) is 0 Å². The Morgan fingerprint density at radius 2 is 2.22 bits per heavy atom. The van der Waals surface area contributed by atoms with E-state index in [2.05, 4.69) is 25.6 Å². The average molecular weight is 168 g/mol. The number of nitrogens with two attached hydrogens (primary N) is 1. The van der Waals surface area contributed by atoms with Gasteiger partial charge in [-0.25, -0.2) is 0 Å². The Balaban J connectivity index is 3.50. The first-order chi connectivity index (χ1) is 4.04. The largest absolute Gasteiger partial charge is 0.480 e. The van der Waals surface area contributed by atoms with Crippen LogP contribution in [-0.4, -0.2) is 27.4 Å². The van der Waals surface area contributed by atoms with Crippen LogP contribution in [0.2, 0.25) is 0 Å². The summed E-state index contributed by atoms with van der Waals surface area (Å²) in [6.45, 7) is 0.113. The molecule has 0 spiro atoms. The van der Waals surface area contributed by atoms with Crippen LogP contribution >= 0.6 is 25.6 Å². The molecule has 0 radical (unpaired) electrons. The minimum atomic E-state index is -1.05. The first-order valence-electron chi connectivity index (χ1n) is 2.17. The van der Waals surface area contributed by atoms with Crippen LogP contribution in [-0.2, 0) is 4.79 Å². The second kappa shape index (κ2) is 3.99. The third-order valence-corrected chi connectivity index (χ3v) is 1.00. The minimum Gasteiger partial charge on any atom is -0.480 e. The van der Waals surface area contributed by atoms with E-state index in [0.717, 1.165) is 3.71 Å². The molecule has 0 aliphatic carbocycles. The van der Waals surface area contributed by atoms with Crippen molar-refractivity contribution in [1.82, 2.24) is 3.71 Å². The lowest BCUT2D eigenvalue weighted by Crippen LogP contribution is -2.37. The summed E-state index contributed by atoms with van der Waals surface area (Å²) in [6, 6.07) is -0.917. The summed E-state index contributed by atoms with van der Waals surface area (Å²) >= 11 is 7.37. The van der Waals surface area contributed by atoms with Crippen LogP contribution in [0.5, 0.6) is 0 Å². The molecule has 0 rings (SSSR count). The predicted octanol–water partition coefficient (Wildman–Crippen LogP) is -0.610. The molecule has 6 heteroatoms. The molecule has 0 unspecified atom stereocenters. The zero-order valence-corrected chi connectivity index (χ0v) is 6.35. The van der Waals surface area contributed by atoms with Crippen LogP contribution in [0.3, 0.4) is 0 Å². The van der Waals surface area contributed by atoms with Crippen molar-refractivity contribution < 1.29 is 9.90 Å². The Labute approximate surface area is 64.1 Å². The minimum absolute atomic E-state index is 0.113. The van der Waals surface area contributed by atoms with Crippen LogP contribution in [0, 0.1) is 0 Å². The van der Waals surface area contributed by atoms with Crippen LogP contribution < -0.4 is 5.73 Å². The van der Waals surface area contributed by atoms with Gasteiger partial charge in [-0.05, 0) is 0 Å². The molecule has 1 atom stereocenters. The van der Waals surface area contributed by atoms with Crippen molar-refractivity contribution in [3.8, 4) is 0 Å². The highest BCUT2D eigenvalue weighted by atomic mass is 32.2. The molecule has 0 amide bonds. The van der Waals surface area contributed by atoms with Gasteiger partial charge < -0.3 is 10.8 Å². The number of aliphatic carboxylic acids is 1. The lowest BCUT2D eigenvalue weighted by molar-refractivity contribution is -0.138. The van der Waals surface area contributed by atoms with E-state index >= 15 is 0 Å². The number of rotatable bonds is 3. The summed E-state index contributed by atoms with van der Waals surface area (Å²) in [5.41, 5.74) is 5.08. The summed E-state index contributed by atoms with van der Waals surface area (Å²) in [5.74, 6) is -1.05. The number of hydrogen-bond donors (Lipinski definition) is 4. The van der Waals surface area contributed by atoms with Crippen LogP contribution in [0.1, 0.15) is 0 Å². The second-order valence-corrected chi connectivity index (χ2v) is 2.78. The van der Waals surface area contributed by atoms with Crippen molar-refractivity contribution in [1.29, 1.82) is 0 Å². The Bertz CT molecular complexity index is 108. The van der Waals surface area contributed by atoms with Crippen molar-refractivity contribution in [2.75, 3.05) is 6.54 Å². The van der Waals surface area contributed by atoms with Gasteiger partial charge in [0.05, 0.1) is 0 Å². The fraction of sp³-hybridized carbons (Fsp3) is 0.667. The molecular weight excluding hydrogens is 160 g/mol. The van der Waals surface area contributed by atoms with Crippen LogP contribution in [0.15, 0.2) is 0 Å². The standard InChI is InChI=1S/C3H8N2O2S2/c4-2(3(6)7)1-5(8)9/h2,8-9H,1,4H2,(H,6,7)/t2-/m0/s1. The molecule has 0 heterocycles. The average Bonchev–Trinajstić information content (AvgIpc) is 1.63. The summed E-state index contributed by atoms with van der Waals surface area (Å²) in [6.07, 6.45) is 0. The van der Waals surface area contributed by atoms with Gasteiger partial charge in [0.2, 0.25) is 0 Å². The van der Waals surface area contributed by atoms with E-state index in [0.29, 0.717) is 0 Å². The lowest BCUT2D eigenvalue weighted by atomic mass is 10.3. The monoisotopic (exact) mass is 168 g/mol. The summed E-state index contributed by atoms with van der Waals surface area (Å²) in [7, 11) is 0. The quantitative estimate of drug-likeness (QED) is 0.424. The normalized spacial score (nSPS) is 13.8.